The molecular weight excluding hydrogens is 575 g/mol. The van der Waals surface area contributed by atoms with Gasteiger partial charge in [0.15, 0.2) is 9.75 Å². The van der Waals surface area contributed by atoms with Crippen LogP contribution in [0.15, 0.2) is 35.9 Å². The molecular formula is C29H32Cl2N2O8. The van der Waals surface area contributed by atoms with E-state index < -0.39 is 51.2 Å². The molecule has 1 aromatic carbocycles. The van der Waals surface area contributed by atoms with Gasteiger partial charge in [0.2, 0.25) is 11.8 Å². The zero-order valence-corrected chi connectivity index (χ0v) is 24.1. The van der Waals surface area contributed by atoms with Gasteiger partial charge in [-0.3, -0.25) is 33.8 Å². The number of aliphatic hydroxyl groups is 1. The zero-order chi connectivity index (χ0) is 29.7. The molecule has 10 nitrogen and oxygen atoms in total. The molecule has 2 aliphatic heterocycles. The number of amides is 4. The van der Waals surface area contributed by atoms with E-state index in [2.05, 4.69) is 0 Å². The summed E-state index contributed by atoms with van der Waals surface area (Å²) < 4.78 is 5.80. The minimum Gasteiger partial charge on any atom is -0.491 e. The van der Waals surface area contributed by atoms with Crippen LogP contribution in [0.1, 0.15) is 50.0 Å². The Morgan fingerprint density at radius 1 is 1.05 bits per heavy atom. The molecule has 220 valence electrons. The third-order valence-electron chi connectivity index (χ3n) is 8.96. The number of hydrogen-bond donors (Lipinski definition) is 2. The molecule has 4 aliphatic rings. The van der Waals surface area contributed by atoms with Crippen molar-refractivity contribution in [2.24, 2.45) is 17.8 Å². The number of para-hydroxylation sites is 1. The number of alkyl halides is 2. The number of aliphatic carboxylic acids is 1. The minimum atomic E-state index is -1.91. The van der Waals surface area contributed by atoms with Gasteiger partial charge >= 0.3 is 5.97 Å². The summed E-state index contributed by atoms with van der Waals surface area (Å²) in [6.07, 6.45) is 3.53. The number of rotatable bonds is 10. The van der Waals surface area contributed by atoms with Gasteiger partial charge in [-0.05, 0) is 37.7 Å². The lowest BCUT2D eigenvalue weighted by molar-refractivity contribution is -0.141. The first-order valence-electron chi connectivity index (χ1n) is 13.8. The van der Waals surface area contributed by atoms with Crippen molar-refractivity contribution in [3.8, 4) is 5.75 Å². The van der Waals surface area contributed by atoms with E-state index in [9.17, 15) is 29.1 Å². The number of imide groups is 2. The molecule has 1 saturated carbocycles. The number of carboxylic acid groups (broad SMARTS) is 1. The van der Waals surface area contributed by atoms with Crippen LogP contribution in [0, 0.1) is 17.8 Å². The predicted molar refractivity (Wildman–Crippen MR) is 147 cm³/mol. The fourth-order valence-corrected chi connectivity index (χ4v) is 8.12. The Hall–Kier alpha value is -2.95. The van der Waals surface area contributed by atoms with Crippen LogP contribution in [-0.4, -0.2) is 86.2 Å². The molecule has 0 spiro atoms. The third kappa shape index (κ3) is 4.46. The van der Waals surface area contributed by atoms with Crippen LogP contribution in [0.3, 0.4) is 0 Å². The quantitative estimate of drug-likeness (QED) is 0.179. The molecule has 1 aromatic rings. The summed E-state index contributed by atoms with van der Waals surface area (Å²) in [6, 6.07) is 6.89. The molecule has 0 bridgehead atoms. The summed E-state index contributed by atoms with van der Waals surface area (Å²) >= 11 is 14.4. The van der Waals surface area contributed by atoms with Crippen molar-refractivity contribution in [3.05, 3.63) is 41.5 Å². The molecule has 12 heteroatoms. The van der Waals surface area contributed by atoms with Crippen molar-refractivity contribution in [1.82, 2.24) is 9.80 Å². The lowest BCUT2D eigenvalue weighted by Gasteiger charge is -2.51. The highest BCUT2D eigenvalue weighted by molar-refractivity contribution is 6.53. The SMILES string of the molecule is CN1C(=O)C2(Cl)CC3C(=CCC4C(=O)N(CCCCCC(=O)O)C(=O)C43)C(c3ccccc3OCCO)C2(Cl)C1=O. The Kier molecular flexibility index (Phi) is 7.95. The molecule has 3 fully saturated rings. The van der Waals surface area contributed by atoms with Crippen molar-refractivity contribution in [2.75, 3.05) is 26.8 Å². The van der Waals surface area contributed by atoms with Gasteiger partial charge in [-0.25, -0.2) is 0 Å². The van der Waals surface area contributed by atoms with Gasteiger partial charge in [0.05, 0.1) is 18.4 Å². The van der Waals surface area contributed by atoms with Crippen molar-refractivity contribution in [1.29, 1.82) is 0 Å². The normalized spacial score (nSPS) is 32.5. The van der Waals surface area contributed by atoms with E-state index in [0.29, 0.717) is 36.1 Å². The first-order valence-corrected chi connectivity index (χ1v) is 14.5. The number of halogens is 2. The highest BCUT2D eigenvalue weighted by Crippen LogP contribution is 2.66. The molecule has 41 heavy (non-hydrogen) atoms. The summed E-state index contributed by atoms with van der Waals surface area (Å²) in [5.41, 5.74) is 1.16. The van der Waals surface area contributed by atoms with Crippen molar-refractivity contribution < 1.29 is 38.9 Å². The summed E-state index contributed by atoms with van der Waals surface area (Å²) in [5, 5.41) is 18.2. The van der Waals surface area contributed by atoms with Gasteiger partial charge < -0.3 is 14.9 Å². The van der Waals surface area contributed by atoms with E-state index >= 15 is 0 Å². The number of carbonyl (C=O) groups excluding carboxylic acids is 4. The van der Waals surface area contributed by atoms with Gasteiger partial charge in [-0.1, -0.05) is 36.3 Å². The molecule has 2 aliphatic carbocycles. The Balaban J connectivity index is 1.54. The van der Waals surface area contributed by atoms with Crippen molar-refractivity contribution in [3.63, 3.8) is 0 Å². The Bertz CT molecular complexity index is 1330. The number of hydrogen-bond acceptors (Lipinski definition) is 7. The van der Waals surface area contributed by atoms with Crippen molar-refractivity contribution >= 4 is 52.8 Å². The highest BCUT2D eigenvalue weighted by atomic mass is 35.5. The molecule has 0 aromatic heterocycles. The lowest BCUT2D eigenvalue weighted by Crippen LogP contribution is -2.60. The number of allylic oxidation sites excluding steroid dienone is 2. The molecule has 0 radical (unpaired) electrons. The maximum Gasteiger partial charge on any atom is 0.303 e. The van der Waals surface area contributed by atoms with E-state index in [4.69, 9.17) is 33.0 Å². The average Bonchev–Trinajstić information content (AvgIpc) is 3.26. The Labute approximate surface area is 247 Å². The van der Waals surface area contributed by atoms with E-state index in [1.165, 1.54) is 11.9 Å². The third-order valence-corrected chi connectivity index (χ3v) is 10.4. The minimum absolute atomic E-state index is 0.0145. The lowest BCUT2D eigenvalue weighted by atomic mass is 9.56. The van der Waals surface area contributed by atoms with E-state index in [1.54, 1.807) is 24.3 Å². The predicted octanol–water partition coefficient (Wildman–Crippen LogP) is 2.69. The van der Waals surface area contributed by atoms with Crippen LogP contribution in [-0.2, 0) is 24.0 Å². The molecule has 6 atom stereocenters. The zero-order valence-electron chi connectivity index (χ0n) is 22.6. The van der Waals surface area contributed by atoms with Gasteiger partial charge in [-0.2, -0.15) is 0 Å². The number of fused-ring (bicyclic) bond motifs is 4. The molecule has 2 saturated heterocycles. The van der Waals surface area contributed by atoms with Gasteiger partial charge in [0.1, 0.15) is 12.4 Å². The van der Waals surface area contributed by atoms with E-state index in [0.717, 1.165) is 4.90 Å². The second-order valence-corrected chi connectivity index (χ2v) is 12.4. The Morgan fingerprint density at radius 3 is 2.49 bits per heavy atom. The van der Waals surface area contributed by atoms with Gasteiger partial charge in [0, 0.05) is 31.5 Å². The number of likely N-dealkylation sites (tertiary alicyclic amines) is 2. The monoisotopic (exact) mass is 606 g/mol. The number of unbranched alkanes of at least 4 members (excludes halogenated alkanes) is 2. The largest absolute Gasteiger partial charge is 0.491 e. The molecule has 6 unspecified atom stereocenters. The molecule has 5 rings (SSSR count). The second-order valence-electron chi connectivity index (χ2n) is 11.1. The van der Waals surface area contributed by atoms with Gasteiger partial charge in [-0.15, -0.1) is 23.2 Å². The molecule has 4 amide bonds. The summed E-state index contributed by atoms with van der Waals surface area (Å²) in [6.45, 7) is -0.0823. The van der Waals surface area contributed by atoms with Crippen LogP contribution < -0.4 is 4.74 Å². The standard InChI is InChI=1S/C29H32Cl2N2O8/c1-32-26(39)28(30)15-19-16(23(29(28,31)27(32)40)17-7-4-5-8-20(17)41-14-13-34)10-11-18-22(19)25(38)33(24(18)37)12-6-2-3-9-21(35)36/h4-5,7-8,10,18-19,22-23,34H,2-3,6,9,11-15H2,1H3,(H,35,36). The number of carbonyl (C=O) groups is 5. The maximum atomic E-state index is 13.8. The number of ether oxygens (including phenoxy) is 1. The fraction of sp³-hybridized carbons (Fsp3) is 0.552. The van der Waals surface area contributed by atoms with Crippen LogP contribution in [0.25, 0.3) is 0 Å². The average molecular weight is 607 g/mol. The van der Waals surface area contributed by atoms with Crippen LogP contribution >= 0.6 is 23.2 Å². The first kappa shape index (κ1) is 29.5. The molecule has 2 N–H and O–H groups in total. The van der Waals surface area contributed by atoms with Crippen LogP contribution in [0.4, 0.5) is 0 Å². The van der Waals surface area contributed by atoms with E-state index in [-0.39, 0.29) is 50.8 Å². The number of benzene rings is 1. The van der Waals surface area contributed by atoms with Gasteiger partial charge in [0.25, 0.3) is 11.8 Å². The fourth-order valence-electron chi connectivity index (χ4n) is 7.10. The summed E-state index contributed by atoms with van der Waals surface area (Å²) in [4.78, 5) is 63.6. The molecule has 2 heterocycles. The first-order chi connectivity index (χ1) is 19.5. The smallest absolute Gasteiger partial charge is 0.303 e. The highest BCUT2D eigenvalue weighted by Gasteiger charge is 2.76. The number of carboxylic acids is 1. The maximum absolute atomic E-state index is 13.8. The van der Waals surface area contributed by atoms with Crippen molar-refractivity contribution in [2.45, 2.75) is 54.2 Å². The summed E-state index contributed by atoms with van der Waals surface area (Å²) in [5.74, 6) is -5.49. The number of aliphatic hydroxyl groups excluding tert-OH is 1. The van der Waals surface area contributed by atoms with Crippen LogP contribution in [0.5, 0.6) is 5.75 Å². The second kappa shape index (κ2) is 11.0. The van der Waals surface area contributed by atoms with Crippen LogP contribution in [0.2, 0.25) is 0 Å². The van der Waals surface area contributed by atoms with E-state index in [1.807, 2.05) is 6.08 Å². The number of nitrogens with zero attached hydrogens (tertiary/aromatic N) is 2. The Morgan fingerprint density at radius 2 is 1.78 bits per heavy atom. The summed E-state index contributed by atoms with van der Waals surface area (Å²) in [7, 11) is 1.33. The topological polar surface area (TPSA) is 142 Å².